The first kappa shape index (κ1) is 12.8. The maximum atomic E-state index is 11.8. The number of aromatic nitrogens is 1. The van der Waals surface area contributed by atoms with Crippen LogP contribution in [0.1, 0.15) is 10.4 Å². The van der Waals surface area contributed by atoms with Crippen molar-refractivity contribution in [2.24, 2.45) is 0 Å². The Balaban J connectivity index is 2.33. The zero-order valence-corrected chi connectivity index (χ0v) is 10.6. The second-order valence-electron chi connectivity index (χ2n) is 3.85. The van der Waals surface area contributed by atoms with E-state index in [9.17, 15) is 4.79 Å². The highest BCUT2D eigenvalue weighted by Crippen LogP contribution is 2.25. The number of hydrogen-bond acceptors (Lipinski definition) is 4. The number of ketones is 1. The summed E-state index contributed by atoms with van der Waals surface area (Å²) in [5.41, 5.74) is 2.12. The highest BCUT2D eigenvalue weighted by atomic mass is 16.5. The normalized spacial score (nSPS) is 9.74. The lowest BCUT2D eigenvalue weighted by Gasteiger charge is -2.10. The van der Waals surface area contributed by atoms with Crippen LogP contribution in [0.25, 0.3) is 0 Å². The largest absolute Gasteiger partial charge is 0.496 e. The van der Waals surface area contributed by atoms with E-state index < -0.39 is 0 Å². The van der Waals surface area contributed by atoms with E-state index in [0.29, 0.717) is 11.3 Å². The molecule has 0 saturated carbocycles. The first-order valence-corrected chi connectivity index (χ1v) is 5.76. The highest BCUT2D eigenvalue weighted by Gasteiger charge is 2.10. The Bertz CT molecular complexity index is 594. The van der Waals surface area contributed by atoms with Crippen LogP contribution in [0.3, 0.4) is 0 Å². The number of benzene rings is 1. The predicted molar refractivity (Wildman–Crippen MR) is 75.0 cm³/mol. The number of allylic oxidation sites excluding steroid dienone is 1. The van der Waals surface area contributed by atoms with Crippen molar-refractivity contribution in [1.29, 1.82) is 0 Å². The minimum Gasteiger partial charge on any atom is -0.496 e. The second-order valence-corrected chi connectivity index (χ2v) is 3.85. The van der Waals surface area contributed by atoms with Crippen LogP contribution in [0, 0.1) is 0 Å². The van der Waals surface area contributed by atoms with Crippen LogP contribution < -0.4 is 10.1 Å². The molecule has 0 spiro atoms. The molecule has 1 N–H and O–H groups in total. The minimum atomic E-state index is -0.174. The first-order chi connectivity index (χ1) is 9.24. The van der Waals surface area contributed by atoms with Crippen LogP contribution in [0.2, 0.25) is 0 Å². The average Bonchev–Trinajstić information content (AvgIpc) is 2.47. The molecule has 19 heavy (non-hydrogen) atoms. The lowest BCUT2D eigenvalue weighted by molar-refractivity contribution is 0.104. The van der Waals surface area contributed by atoms with Gasteiger partial charge < -0.3 is 10.1 Å². The monoisotopic (exact) mass is 254 g/mol. The zero-order chi connectivity index (χ0) is 13.7. The summed E-state index contributed by atoms with van der Waals surface area (Å²) >= 11 is 0. The third-order valence-corrected chi connectivity index (χ3v) is 2.60. The Hall–Kier alpha value is -2.62. The number of hydrogen-bond donors (Lipinski definition) is 1. The van der Waals surface area contributed by atoms with Crippen molar-refractivity contribution in [2.45, 2.75) is 0 Å². The summed E-state index contributed by atoms with van der Waals surface area (Å²) < 4.78 is 5.16. The fourth-order valence-corrected chi connectivity index (χ4v) is 1.69. The van der Waals surface area contributed by atoms with Crippen molar-refractivity contribution in [3.8, 4) is 5.75 Å². The van der Waals surface area contributed by atoms with E-state index in [4.69, 9.17) is 4.74 Å². The van der Waals surface area contributed by atoms with Crippen LogP contribution in [-0.4, -0.2) is 17.9 Å². The SMILES string of the molecule is C=CC(=O)c1cc(Nc2cccnc2)ccc1OC. The molecule has 0 unspecified atom stereocenters. The number of carbonyl (C=O) groups is 1. The molecule has 0 radical (unpaired) electrons. The van der Waals surface area contributed by atoms with E-state index in [2.05, 4.69) is 16.9 Å². The third kappa shape index (κ3) is 2.98. The fourth-order valence-electron chi connectivity index (χ4n) is 1.69. The van der Waals surface area contributed by atoms with Gasteiger partial charge in [-0.05, 0) is 36.4 Å². The van der Waals surface area contributed by atoms with Gasteiger partial charge in [0.15, 0.2) is 5.78 Å². The zero-order valence-electron chi connectivity index (χ0n) is 10.6. The predicted octanol–water partition coefficient (Wildman–Crippen LogP) is 3.20. The van der Waals surface area contributed by atoms with Crippen molar-refractivity contribution in [2.75, 3.05) is 12.4 Å². The average molecular weight is 254 g/mol. The van der Waals surface area contributed by atoms with Gasteiger partial charge in [-0.3, -0.25) is 9.78 Å². The van der Waals surface area contributed by atoms with Crippen molar-refractivity contribution in [1.82, 2.24) is 4.98 Å². The molecule has 0 bridgehead atoms. The second kappa shape index (κ2) is 5.82. The van der Waals surface area contributed by atoms with E-state index >= 15 is 0 Å². The Morgan fingerprint density at radius 3 is 2.84 bits per heavy atom. The van der Waals surface area contributed by atoms with Gasteiger partial charge in [0.1, 0.15) is 5.75 Å². The number of carbonyl (C=O) groups excluding carboxylic acids is 1. The molecule has 0 saturated heterocycles. The van der Waals surface area contributed by atoms with E-state index in [-0.39, 0.29) is 5.78 Å². The molecule has 1 aromatic heterocycles. The Kier molecular flexibility index (Phi) is 3.93. The van der Waals surface area contributed by atoms with Crippen LogP contribution in [0.15, 0.2) is 55.4 Å². The van der Waals surface area contributed by atoms with Crippen molar-refractivity contribution >= 4 is 17.2 Å². The summed E-state index contributed by atoms with van der Waals surface area (Å²) in [5.74, 6) is 0.355. The van der Waals surface area contributed by atoms with Gasteiger partial charge >= 0.3 is 0 Å². The lowest BCUT2D eigenvalue weighted by Crippen LogP contribution is -2.00. The van der Waals surface area contributed by atoms with Gasteiger partial charge in [0, 0.05) is 11.9 Å². The number of ether oxygens (including phenoxy) is 1. The summed E-state index contributed by atoms with van der Waals surface area (Å²) in [6, 6.07) is 9.05. The van der Waals surface area contributed by atoms with Gasteiger partial charge in [-0.1, -0.05) is 6.58 Å². The molecule has 4 heteroatoms. The third-order valence-electron chi connectivity index (χ3n) is 2.60. The minimum absolute atomic E-state index is 0.174. The number of pyridine rings is 1. The number of nitrogens with zero attached hydrogens (tertiary/aromatic N) is 1. The summed E-state index contributed by atoms with van der Waals surface area (Å²) in [5, 5.41) is 3.17. The van der Waals surface area contributed by atoms with Crippen molar-refractivity contribution in [3.05, 3.63) is 60.9 Å². The summed E-state index contributed by atoms with van der Waals surface area (Å²) in [6.45, 7) is 3.49. The van der Waals surface area contributed by atoms with Gasteiger partial charge in [0.05, 0.1) is 24.6 Å². The van der Waals surface area contributed by atoms with Crippen LogP contribution in [0.5, 0.6) is 5.75 Å². The topological polar surface area (TPSA) is 51.2 Å². The summed E-state index contributed by atoms with van der Waals surface area (Å²) in [6.07, 6.45) is 4.68. The maximum Gasteiger partial charge on any atom is 0.189 e. The number of rotatable bonds is 5. The van der Waals surface area contributed by atoms with E-state index in [0.717, 1.165) is 11.4 Å². The van der Waals surface area contributed by atoms with Gasteiger partial charge in [0.25, 0.3) is 0 Å². The molecular formula is C15H14N2O2. The number of nitrogens with one attached hydrogen (secondary N) is 1. The molecular weight excluding hydrogens is 240 g/mol. The van der Waals surface area contributed by atoms with Crippen LogP contribution >= 0.6 is 0 Å². The smallest absolute Gasteiger partial charge is 0.189 e. The van der Waals surface area contributed by atoms with Crippen LogP contribution in [-0.2, 0) is 0 Å². The first-order valence-electron chi connectivity index (χ1n) is 5.76. The Morgan fingerprint density at radius 1 is 1.37 bits per heavy atom. The van der Waals surface area contributed by atoms with Gasteiger partial charge in [-0.25, -0.2) is 0 Å². The Labute approximate surface area is 111 Å². The molecule has 0 atom stereocenters. The molecule has 2 aromatic rings. The van der Waals surface area contributed by atoms with Crippen molar-refractivity contribution < 1.29 is 9.53 Å². The molecule has 0 amide bonds. The molecule has 0 fully saturated rings. The molecule has 0 aliphatic carbocycles. The molecule has 0 aliphatic heterocycles. The maximum absolute atomic E-state index is 11.8. The van der Waals surface area contributed by atoms with Crippen molar-refractivity contribution in [3.63, 3.8) is 0 Å². The van der Waals surface area contributed by atoms with Gasteiger partial charge in [-0.15, -0.1) is 0 Å². The number of anilines is 2. The highest BCUT2D eigenvalue weighted by molar-refractivity contribution is 6.06. The van der Waals surface area contributed by atoms with E-state index in [1.165, 1.54) is 13.2 Å². The summed E-state index contributed by atoms with van der Waals surface area (Å²) in [4.78, 5) is 15.8. The molecule has 96 valence electrons. The van der Waals surface area contributed by atoms with Gasteiger partial charge in [0.2, 0.25) is 0 Å². The molecule has 4 nitrogen and oxygen atoms in total. The molecule has 0 aliphatic rings. The molecule has 2 rings (SSSR count). The fraction of sp³-hybridized carbons (Fsp3) is 0.0667. The molecule has 1 heterocycles. The molecule has 1 aromatic carbocycles. The Morgan fingerprint density at radius 2 is 2.21 bits per heavy atom. The lowest BCUT2D eigenvalue weighted by atomic mass is 10.1. The quantitative estimate of drug-likeness (QED) is 0.657. The van der Waals surface area contributed by atoms with Gasteiger partial charge in [-0.2, -0.15) is 0 Å². The standard InChI is InChI=1S/C15H14N2O2/c1-3-14(18)13-9-11(6-7-15(13)19-2)17-12-5-4-8-16-10-12/h3-10,17H,1H2,2H3. The van der Waals surface area contributed by atoms with Crippen LogP contribution in [0.4, 0.5) is 11.4 Å². The number of methoxy groups -OCH3 is 1. The van der Waals surface area contributed by atoms with E-state index in [1.807, 2.05) is 18.2 Å². The summed E-state index contributed by atoms with van der Waals surface area (Å²) in [7, 11) is 1.53. The van der Waals surface area contributed by atoms with E-state index in [1.54, 1.807) is 24.5 Å².